The molecule has 0 aliphatic heterocycles. The number of benzene rings is 2. The number of aliphatic carboxylic acids is 1. The van der Waals surface area contributed by atoms with Gasteiger partial charge in [0.2, 0.25) is 0 Å². The first kappa shape index (κ1) is 14.1. The van der Waals surface area contributed by atoms with Gasteiger partial charge in [-0.25, -0.2) is 9.18 Å². The summed E-state index contributed by atoms with van der Waals surface area (Å²) in [7, 11) is 0. The van der Waals surface area contributed by atoms with Gasteiger partial charge in [-0.2, -0.15) is 0 Å². The monoisotopic (exact) mass is 300 g/mol. The van der Waals surface area contributed by atoms with Crippen LogP contribution in [0.1, 0.15) is 6.92 Å². The first-order chi connectivity index (χ1) is 10.5. The normalized spacial score (nSPS) is 12.3. The fraction of sp³-hybridized carbons (Fsp3) is 0.118. The summed E-state index contributed by atoms with van der Waals surface area (Å²) in [5.74, 6) is -0.247. The molecule has 22 heavy (non-hydrogen) atoms. The molecular weight excluding hydrogens is 287 g/mol. The zero-order valence-corrected chi connectivity index (χ0v) is 11.7. The second kappa shape index (κ2) is 5.52. The molecule has 1 N–H and O–H groups in total. The maximum atomic E-state index is 13.2. The molecule has 0 aliphatic carbocycles. The molecule has 1 unspecified atom stereocenters. The fourth-order valence-electron chi connectivity index (χ4n) is 2.19. The molecule has 5 heteroatoms. The molecule has 112 valence electrons. The summed E-state index contributed by atoms with van der Waals surface area (Å²) >= 11 is 0. The lowest BCUT2D eigenvalue weighted by Crippen LogP contribution is -2.22. The Hall–Kier alpha value is -2.82. The van der Waals surface area contributed by atoms with Crippen LogP contribution in [-0.2, 0) is 4.79 Å². The highest BCUT2D eigenvalue weighted by atomic mass is 19.1. The van der Waals surface area contributed by atoms with E-state index in [2.05, 4.69) is 0 Å². The number of rotatable bonds is 4. The minimum absolute atomic E-state index is 0.314. The van der Waals surface area contributed by atoms with Crippen LogP contribution in [0.4, 0.5) is 4.39 Å². The summed E-state index contributed by atoms with van der Waals surface area (Å²) in [6, 6.07) is 11.3. The van der Waals surface area contributed by atoms with Crippen LogP contribution in [0.5, 0.6) is 5.75 Å². The van der Waals surface area contributed by atoms with E-state index in [1.807, 2.05) is 0 Å². The van der Waals surface area contributed by atoms with Crippen molar-refractivity contribution in [3.63, 3.8) is 0 Å². The largest absolute Gasteiger partial charge is 0.479 e. The molecule has 0 amide bonds. The van der Waals surface area contributed by atoms with Gasteiger partial charge in [-0.3, -0.25) is 0 Å². The Bertz CT molecular complexity index is 820. The number of fused-ring (bicyclic) bond motifs is 1. The first-order valence-corrected chi connectivity index (χ1v) is 6.71. The molecule has 0 bridgehead atoms. The zero-order chi connectivity index (χ0) is 15.7. The quantitative estimate of drug-likeness (QED) is 0.788. The van der Waals surface area contributed by atoms with Gasteiger partial charge < -0.3 is 14.3 Å². The van der Waals surface area contributed by atoms with Crippen LogP contribution in [0.15, 0.2) is 53.1 Å². The van der Waals surface area contributed by atoms with E-state index in [1.165, 1.54) is 25.3 Å². The molecule has 1 heterocycles. The maximum Gasteiger partial charge on any atom is 0.344 e. The van der Waals surface area contributed by atoms with Gasteiger partial charge in [0.05, 0.1) is 6.26 Å². The van der Waals surface area contributed by atoms with Crippen molar-refractivity contribution in [3.8, 4) is 17.1 Å². The predicted octanol–water partition coefficient (Wildman–Crippen LogP) is 4.09. The Morgan fingerprint density at radius 2 is 1.95 bits per heavy atom. The molecule has 0 saturated heterocycles. The summed E-state index contributed by atoms with van der Waals surface area (Å²) < 4.78 is 24.0. The van der Waals surface area contributed by atoms with Crippen molar-refractivity contribution in [2.75, 3.05) is 0 Å². The molecule has 0 aliphatic rings. The van der Waals surface area contributed by atoms with Gasteiger partial charge in [0.25, 0.3) is 0 Å². The second-order valence-electron chi connectivity index (χ2n) is 4.92. The van der Waals surface area contributed by atoms with Crippen molar-refractivity contribution < 1.29 is 23.4 Å². The van der Waals surface area contributed by atoms with Crippen molar-refractivity contribution in [2.24, 2.45) is 0 Å². The van der Waals surface area contributed by atoms with Gasteiger partial charge in [-0.1, -0.05) is 0 Å². The standard InChI is InChI=1S/C17H13FO4/c1-10(17(19)20)22-14-5-2-11(3-6-14)16-15-7-4-13(18)8-12(15)9-21-16/h2-10H,1H3,(H,19,20). The fourth-order valence-corrected chi connectivity index (χ4v) is 2.19. The highest BCUT2D eigenvalue weighted by molar-refractivity contribution is 5.94. The number of carboxylic acids is 1. The van der Waals surface area contributed by atoms with Crippen molar-refractivity contribution in [1.29, 1.82) is 0 Å². The molecule has 0 fully saturated rings. The van der Waals surface area contributed by atoms with Crippen LogP contribution in [0.25, 0.3) is 22.1 Å². The van der Waals surface area contributed by atoms with Crippen LogP contribution in [0.2, 0.25) is 0 Å². The molecule has 1 atom stereocenters. The van der Waals surface area contributed by atoms with Gasteiger partial charge >= 0.3 is 5.97 Å². The van der Waals surface area contributed by atoms with Gasteiger partial charge in [0.1, 0.15) is 17.3 Å². The summed E-state index contributed by atoms with van der Waals surface area (Å²) in [5, 5.41) is 10.3. The minimum Gasteiger partial charge on any atom is -0.479 e. The highest BCUT2D eigenvalue weighted by Gasteiger charge is 2.13. The average Bonchev–Trinajstić information content (AvgIpc) is 2.90. The number of hydrogen-bond donors (Lipinski definition) is 1. The molecular formula is C17H13FO4. The van der Waals surface area contributed by atoms with Gasteiger partial charge in [0.15, 0.2) is 6.10 Å². The van der Waals surface area contributed by atoms with E-state index in [1.54, 1.807) is 30.3 Å². The van der Waals surface area contributed by atoms with E-state index in [-0.39, 0.29) is 5.82 Å². The summed E-state index contributed by atoms with van der Waals surface area (Å²) in [5.41, 5.74) is 0.803. The molecule has 4 nitrogen and oxygen atoms in total. The summed E-state index contributed by atoms with van der Waals surface area (Å²) in [6.07, 6.45) is 0.586. The third-order valence-electron chi connectivity index (χ3n) is 3.34. The molecule has 3 rings (SSSR count). The van der Waals surface area contributed by atoms with Crippen LogP contribution in [-0.4, -0.2) is 17.2 Å². The number of carbonyl (C=O) groups is 1. The van der Waals surface area contributed by atoms with E-state index < -0.39 is 12.1 Å². The Morgan fingerprint density at radius 3 is 2.64 bits per heavy atom. The van der Waals surface area contributed by atoms with E-state index in [9.17, 15) is 9.18 Å². The third kappa shape index (κ3) is 2.65. The molecule has 1 aromatic heterocycles. The minimum atomic E-state index is -1.02. The van der Waals surface area contributed by atoms with Crippen LogP contribution < -0.4 is 4.74 Å². The number of hydrogen-bond acceptors (Lipinski definition) is 3. The van der Waals surface area contributed by atoms with Crippen LogP contribution in [0, 0.1) is 5.82 Å². The van der Waals surface area contributed by atoms with Crippen molar-refractivity contribution in [1.82, 2.24) is 0 Å². The van der Waals surface area contributed by atoms with Crippen molar-refractivity contribution in [2.45, 2.75) is 13.0 Å². The van der Waals surface area contributed by atoms with Crippen LogP contribution in [0.3, 0.4) is 0 Å². The Balaban J connectivity index is 1.90. The smallest absolute Gasteiger partial charge is 0.344 e. The van der Waals surface area contributed by atoms with Gasteiger partial charge in [-0.05, 0) is 49.4 Å². The molecule has 2 aromatic carbocycles. The summed E-state index contributed by atoms with van der Waals surface area (Å²) in [6.45, 7) is 1.46. The number of halogens is 1. The lowest BCUT2D eigenvalue weighted by Gasteiger charge is -2.10. The first-order valence-electron chi connectivity index (χ1n) is 6.71. The number of carboxylic acid groups (broad SMARTS) is 1. The Labute approximate surface area is 125 Å². The number of furan rings is 1. The third-order valence-corrected chi connectivity index (χ3v) is 3.34. The van der Waals surface area contributed by atoms with E-state index >= 15 is 0 Å². The average molecular weight is 300 g/mol. The number of ether oxygens (including phenoxy) is 1. The lowest BCUT2D eigenvalue weighted by molar-refractivity contribution is -0.144. The second-order valence-corrected chi connectivity index (χ2v) is 4.92. The van der Waals surface area contributed by atoms with E-state index in [0.29, 0.717) is 16.9 Å². The topological polar surface area (TPSA) is 59.7 Å². The van der Waals surface area contributed by atoms with E-state index in [0.717, 1.165) is 10.9 Å². The lowest BCUT2D eigenvalue weighted by atomic mass is 10.1. The van der Waals surface area contributed by atoms with Crippen molar-refractivity contribution in [3.05, 3.63) is 54.5 Å². The Morgan fingerprint density at radius 1 is 1.23 bits per heavy atom. The molecule has 0 spiro atoms. The zero-order valence-electron chi connectivity index (χ0n) is 11.7. The van der Waals surface area contributed by atoms with E-state index in [4.69, 9.17) is 14.3 Å². The predicted molar refractivity (Wildman–Crippen MR) is 79.3 cm³/mol. The SMILES string of the molecule is CC(Oc1ccc(-c2occ3cc(F)ccc23)cc1)C(=O)O. The highest BCUT2D eigenvalue weighted by Crippen LogP contribution is 2.32. The van der Waals surface area contributed by atoms with Crippen LogP contribution >= 0.6 is 0 Å². The summed E-state index contributed by atoms with van der Waals surface area (Å²) in [4.78, 5) is 10.8. The molecule has 0 saturated carbocycles. The Kier molecular flexibility index (Phi) is 3.55. The molecule has 0 radical (unpaired) electrons. The van der Waals surface area contributed by atoms with Gasteiger partial charge in [-0.15, -0.1) is 0 Å². The maximum absolute atomic E-state index is 13.2. The van der Waals surface area contributed by atoms with Crippen molar-refractivity contribution >= 4 is 16.7 Å². The molecule has 3 aromatic rings. The van der Waals surface area contributed by atoms with Gasteiger partial charge in [0, 0.05) is 16.3 Å².